The Morgan fingerprint density at radius 1 is 1.44 bits per heavy atom. The molecular formula is C13H19N3OS. The van der Waals surface area contributed by atoms with Crippen molar-refractivity contribution in [3.63, 3.8) is 0 Å². The molecule has 18 heavy (non-hydrogen) atoms. The summed E-state index contributed by atoms with van der Waals surface area (Å²) in [6, 6.07) is 0.525. The lowest BCUT2D eigenvalue weighted by Gasteiger charge is -2.32. The average molecular weight is 265 g/mol. The van der Waals surface area contributed by atoms with Gasteiger partial charge in [-0.2, -0.15) is 12.6 Å². The molecule has 1 saturated heterocycles. The highest BCUT2D eigenvalue weighted by atomic mass is 32.1. The molecule has 0 aromatic rings. The van der Waals surface area contributed by atoms with Crippen molar-refractivity contribution in [2.45, 2.75) is 24.3 Å². The Morgan fingerprint density at radius 3 is 2.94 bits per heavy atom. The molecule has 3 aliphatic rings. The molecule has 5 heteroatoms. The van der Waals surface area contributed by atoms with E-state index in [2.05, 4.69) is 46.9 Å². The summed E-state index contributed by atoms with van der Waals surface area (Å²) in [6.07, 6.45) is 6.46. The van der Waals surface area contributed by atoms with Crippen LogP contribution in [-0.2, 0) is 4.74 Å². The smallest absolute Gasteiger partial charge is 0.0938 e. The zero-order chi connectivity index (χ0) is 12.5. The van der Waals surface area contributed by atoms with Gasteiger partial charge in [-0.05, 0) is 19.1 Å². The first-order chi connectivity index (χ1) is 8.74. The second-order valence-electron chi connectivity index (χ2n) is 4.93. The van der Waals surface area contributed by atoms with Gasteiger partial charge in [-0.25, -0.2) is 0 Å². The second-order valence-corrected chi connectivity index (χ2v) is 5.70. The molecule has 3 unspecified atom stereocenters. The first-order valence-electron chi connectivity index (χ1n) is 6.48. The molecule has 0 saturated carbocycles. The Hall–Kier alpha value is -0.940. The van der Waals surface area contributed by atoms with Crippen LogP contribution < -0.4 is 5.32 Å². The van der Waals surface area contributed by atoms with Crippen LogP contribution in [0.2, 0.25) is 0 Å². The summed E-state index contributed by atoms with van der Waals surface area (Å²) < 4.78 is 5.38. The van der Waals surface area contributed by atoms with E-state index in [4.69, 9.17) is 4.74 Å². The first kappa shape index (κ1) is 12.1. The molecule has 3 rings (SSSR count). The maximum atomic E-state index is 5.38. The summed E-state index contributed by atoms with van der Waals surface area (Å²) in [7, 11) is 0. The molecule has 0 aromatic carbocycles. The molecule has 3 atom stereocenters. The third-order valence-corrected chi connectivity index (χ3v) is 3.89. The standard InChI is InChI=1S/C13H19N3OS/c1-9(18)11-7-12-13(15-11)6-10(8-14-12)16-2-4-17-5-3-16/h6-9,12-13,15,18H,2-5H2,1H3. The number of nitrogens with one attached hydrogen (secondary N) is 1. The highest BCUT2D eigenvalue weighted by molar-refractivity contribution is 7.81. The van der Waals surface area contributed by atoms with E-state index in [-0.39, 0.29) is 17.3 Å². The van der Waals surface area contributed by atoms with E-state index in [1.165, 1.54) is 11.4 Å². The lowest BCUT2D eigenvalue weighted by Crippen LogP contribution is -2.40. The van der Waals surface area contributed by atoms with Crippen molar-refractivity contribution in [2.24, 2.45) is 4.99 Å². The van der Waals surface area contributed by atoms with Crippen LogP contribution in [0.1, 0.15) is 6.92 Å². The SMILES string of the molecule is CC(S)C1=CC2N=CC(N3CCOCC3)=CC2N1. The van der Waals surface area contributed by atoms with Gasteiger partial charge in [-0.15, -0.1) is 0 Å². The van der Waals surface area contributed by atoms with Crippen LogP contribution in [0.5, 0.6) is 0 Å². The Balaban J connectivity index is 1.71. The number of rotatable bonds is 2. The monoisotopic (exact) mass is 265 g/mol. The van der Waals surface area contributed by atoms with Crippen LogP contribution in [-0.4, -0.2) is 54.8 Å². The topological polar surface area (TPSA) is 36.9 Å². The van der Waals surface area contributed by atoms with E-state index in [1.807, 2.05) is 6.21 Å². The molecule has 3 aliphatic heterocycles. The van der Waals surface area contributed by atoms with E-state index in [1.54, 1.807) is 0 Å². The van der Waals surface area contributed by atoms with Crippen molar-refractivity contribution >= 4 is 18.8 Å². The number of dihydropyridines is 1. The molecule has 0 spiro atoms. The van der Waals surface area contributed by atoms with Crippen LogP contribution in [0.15, 0.2) is 28.5 Å². The lowest BCUT2D eigenvalue weighted by molar-refractivity contribution is 0.0563. The fraction of sp³-hybridized carbons (Fsp3) is 0.615. The second kappa shape index (κ2) is 4.97. The first-order valence-corrected chi connectivity index (χ1v) is 7.00. The number of allylic oxidation sites excluding steroid dienone is 1. The maximum absolute atomic E-state index is 5.38. The summed E-state index contributed by atoms with van der Waals surface area (Å²) in [5.74, 6) is 0. The van der Waals surface area contributed by atoms with Crippen LogP contribution in [0.4, 0.5) is 0 Å². The molecule has 0 aliphatic carbocycles. The van der Waals surface area contributed by atoms with Gasteiger partial charge < -0.3 is 15.0 Å². The number of nitrogens with zero attached hydrogens (tertiary/aromatic N) is 2. The fourth-order valence-corrected chi connectivity index (χ4v) is 2.71. The maximum Gasteiger partial charge on any atom is 0.0938 e. The molecule has 0 radical (unpaired) electrons. The van der Waals surface area contributed by atoms with Crippen LogP contribution in [0.3, 0.4) is 0 Å². The number of fused-ring (bicyclic) bond motifs is 1. The van der Waals surface area contributed by atoms with Gasteiger partial charge in [0.15, 0.2) is 0 Å². The van der Waals surface area contributed by atoms with Crippen LogP contribution in [0, 0.1) is 0 Å². The molecule has 0 amide bonds. The number of hydrogen-bond donors (Lipinski definition) is 2. The minimum Gasteiger partial charge on any atom is -0.379 e. The van der Waals surface area contributed by atoms with E-state index >= 15 is 0 Å². The van der Waals surface area contributed by atoms with Crippen LogP contribution in [0.25, 0.3) is 0 Å². The van der Waals surface area contributed by atoms with Gasteiger partial charge in [0.25, 0.3) is 0 Å². The van der Waals surface area contributed by atoms with Crippen molar-refractivity contribution < 1.29 is 4.74 Å². The normalized spacial score (nSPS) is 32.4. The summed E-state index contributed by atoms with van der Waals surface area (Å²) >= 11 is 4.47. The van der Waals surface area contributed by atoms with Crippen molar-refractivity contribution in [3.05, 3.63) is 23.5 Å². The summed E-state index contributed by atoms with van der Waals surface area (Å²) in [5.41, 5.74) is 2.40. The predicted octanol–water partition coefficient (Wildman–Crippen LogP) is 0.829. The number of ether oxygens (including phenoxy) is 1. The minimum atomic E-state index is 0.236. The average Bonchev–Trinajstić information content (AvgIpc) is 2.82. The predicted molar refractivity (Wildman–Crippen MR) is 76.2 cm³/mol. The Bertz CT molecular complexity index is 410. The zero-order valence-corrected chi connectivity index (χ0v) is 11.4. The van der Waals surface area contributed by atoms with Gasteiger partial charge in [-0.1, -0.05) is 0 Å². The summed E-state index contributed by atoms with van der Waals surface area (Å²) in [4.78, 5) is 6.97. The Morgan fingerprint density at radius 2 is 2.22 bits per heavy atom. The minimum absolute atomic E-state index is 0.236. The summed E-state index contributed by atoms with van der Waals surface area (Å²) in [6.45, 7) is 5.61. The van der Waals surface area contributed by atoms with Crippen molar-refractivity contribution in [2.75, 3.05) is 26.3 Å². The van der Waals surface area contributed by atoms with Gasteiger partial charge in [0.1, 0.15) is 0 Å². The fourth-order valence-electron chi connectivity index (χ4n) is 2.55. The van der Waals surface area contributed by atoms with Crippen molar-refractivity contribution in [3.8, 4) is 0 Å². The largest absolute Gasteiger partial charge is 0.379 e. The van der Waals surface area contributed by atoms with E-state index in [0.717, 1.165) is 26.3 Å². The van der Waals surface area contributed by atoms with E-state index in [9.17, 15) is 0 Å². The number of thiol groups is 1. The van der Waals surface area contributed by atoms with Gasteiger partial charge in [0, 0.05) is 30.3 Å². The molecule has 1 N–H and O–H groups in total. The molecular weight excluding hydrogens is 246 g/mol. The molecule has 0 aromatic heterocycles. The van der Waals surface area contributed by atoms with Gasteiger partial charge >= 0.3 is 0 Å². The highest BCUT2D eigenvalue weighted by Crippen LogP contribution is 2.23. The number of aliphatic imine (C=N–C) groups is 1. The Kier molecular flexibility index (Phi) is 3.35. The van der Waals surface area contributed by atoms with Crippen LogP contribution >= 0.6 is 12.6 Å². The molecule has 3 heterocycles. The molecule has 98 valence electrons. The van der Waals surface area contributed by atoms with Crippen molar-refractivity contribution in [1.29, 1.82) is 0 Å². The number of morpholine rings is 1. The zero-order valence-electron chi connectivity index (χ0n) is 10.5. The van der Waals surface area contributed by atoms with E-state index < -0.39 is 0 Å². The molecule has 4 nitrogen and oxygen atoms in total. The molecule has 1 fully saturated rings. The highest BCUT2D eigenvalue weighted by Gasteiger charge is 2.29. The third kappa shape index (κ3) is 2.29. The third-order valence-electron chi connectivity index (χ3n) is 3.61. The lowest BCUT2D eigenvalue weighted by atomic mass is 10.1. The Labute approximate surface area is 113 Å². The van der Waals surface area contributed by atoms with Crippen molar-refractivity contribution in [1.82, 2.24) is 10.2 Å². The van der Waals surface area contributed by atoms with E-state index in [0.29, 0.717) is 0 Å². The van der Waals surface area contributed by atoms with Gasteiger partial charge in [-0.3, -0.25) is 4.99 Å². The summed E-state index contributed by atoms with van der Waals surface area (Å²) in [5, 5.41) is 3.74. The van der Waals surface area contributed by atoms with Gasteiger partial charge in [0.2, 0.25) is 0 Å². The number of hydrogen-bond acceptors (Lipinski definition) is 5. The quantitative estimate of drug-likeness (QED) is 0.726. The van der Waals surface area contributed by atoms with Gasteiger partial charge in [0.05, 0.1) is 31.0 Å². The molecule has 0 bridgehead atoms.